The molecular formula is C34H56O5. The van der Waals surface area contributed by atoms with Crippen LogP contribution < -0.4 is 0 Å². The second-order valence-electron chi connectivity index (χ2n) is 11.8. The summed E-state index contributed by atoms with van der Waals surface area (Å²) in [7, 11) is 0. The number of carbonyl (C=O) groups excluding carboxylic acids is 1. The van der Waals surface area contributed by atoms with Crippen LogP contribution in [-0.2, 0) is 9.53 Å². The summed E-state index contributed by atoms with van der Waals surface area (Å²) >= 11 is 0. The van der Waals surface area contributed by atoms with Crippen LogP contribution in [0.3, 0.4) is 0 Å². The lowest BCUT2D eigenvalue weighted by atomic mass is 9.85. The lowest BCUT2D eigenvalue weighted by Crippen LogP contribution is -2.39. The van der Waals surface area contributed by atoms with E-state index in [0.717, 1.165) is 55.2 Å². The van der Waals surface area contributed by atoms with Gasteiger partial charge in [0.15, 0.2) is 0 Å². The van der Waals surface area contributed by atoms with E-state index in [0.29, 0.717) is 6.42 Å². The Morgan fingerprint density at radius 1 is 0.949 bits per heavy atom. The van der Waals surface area contributed by atoms with Crippen molar-refractivity contribution < 1.29 is 24.9 Å². The van der Waals surface area contributed by atoms with Gasteiger partial charge in [0, 0.05) is 11.8 Å². The molecule has 5 heteroatoms. The summed E-state index contributed by atoms with van der Waals surface area (Å²) in [6, 6.07) is 0. The predicted molar refractivity (Wildman–Crippen MR) is 162 cm³/mol. The van der Waals surface area contributed by atoms with Gasteiger partial charge in [-0.05, 0) is 91.2 Å². The maximum absolute atomic E-state index is 12.3. The standard InChI is InChI=1S/C34H56O5/c1-10-13-29-17-19-31(39-34(29)38)28(9)33(37)26(7)15-12-14-22(3)20-24(5)21-23(4)16-18-30(35)27(8)32(36)25(6)11-2/h11,14-16,21,27-33,35-37H,10,12-13,17-20H2,1-9H3/b22-14+,23-16+,24-21+,25-11+,26-15+/t27-,28+,29+,30-,31-,32-,33-/m1/s1. The first-order chi connectivity index (χ1) is 18.3. The van der Waals surface area contributed by atoms with Crippen molar-refractivity contribution in [2.45, 2.75) is 132 Å². The number of esters is 1. The van der Waals surface area contributed by atoms with E-state index in [1.54, 1.807) is 0 Å². The van der Waals surface area contributed by atoms with Crippen LogP contribution in [0.15, 0.2) is 58.2 Å². The summed E-state index contributed by atoms with van der Waals surface area (Å²) in [5.74, 6) is -0.451. The molecule has 1 aliphatic heterocycles. The minimum atomic E-state index is -0.631. The summed E-state index contributed by atoms with van der Waals surface area (Å²) in [6.07, 6.45) is 13.8. The van der Waals surface area contributed by atoms with Crippen LogP contribution in [0.4, 0.5) is 0 Å². The molecule has 0 aromatic carbocycles. The van der Waals surface area contributed by atoms with E-state index in [2.05, 4.69) is 39.0 Å². The normalized spacial score (nSPS) is 24.2. The molecule has 1 heterocycles. The predicted octanol–water partition coefficient (Wildman–Crippen LogP) is 7.38. The van der Waals surface area contributed by atoms with Gasteiger partial charge in [-0.3, -0.25) is 4.79 Å². The molecule has 0 bridgehead atoms. The molecule has 1 saturated heterocycles. The van der Waals surface area contributed by atoms with Crippen LogP contribution in [0, 0.1) is 17.8 Å². The first-order valence-electron chi connectivity index (χ1n) is 14.9. The van der Waals surface area contributed by atoms with Crippen LogP contribution >= 0.6 is 0 Å². The van der Waals surface area contributed by atoms with Crippen molar-refractivity contribution in [1.82, 2.24) is 0 Å². The quantitative estimate of drug-likeness (QED) is 0.114. The Morgan fingerprint density at radius 3 is 2.21 bits per heavy atom. The molecule has 0 saturated carbocycles. The molecule has 3 N–H and O–H groups in total. The molecular weight excluding hydrogens is 488 g/mol. The molecule has 1 fully saturated rings. The number of carbonyl (C=O) groups is 1. The summed E-state index contributed by atoms with van der Waals surface area (Å²) in [4.78, 5) is 12.3. The molecule has 7 atom stereocenters. The third-order valence-corrected chi connectivity index (χ3v) is 8.23. The van der Waals surface area contributed by atoms with E-state index < -0.39 is 18.3 Å². The highest BCUT2D eigenvalue weighted by Crippen LogP contribution is 2.30. The number of cyclic esters (lactones) is 1. The molecule has 39 heavy (non-hydrogen) atoms. The van der Waals surface area contributed by atoms with E-state index in [1.165, 1.54) is 11.1 Å². The van der Waals surface area contributed by atoms with Crippen molar-refractivity contribution in [2.75, 3.05) is 0 Å². The molecule has 0 aromatic rings. The Hall–Kier alpha value is -1.95. The number of hydrogen-bond donors (Lipinski definition) is 3. The molecule has 1 rings (SSSR count). The van der Waals surface area contributed by atoms with Gasteiger partial charge in [0.25, 0.3) is 0 Å². The van der Waals surface area contributed by atoms with Crippen molar-refractivity contribution in [3.63, 3.8) is 0 Å². The zero-order chi connectivity index (χ0) is 29.7. The third-order valence-electron chi connectivity index (χ3n) is 8.23. The topological polar surface area (TPSA) is 87.0 Å². The molecule has 0 aromatic heterocycles. The average molecular weight is 545 g/mol. The van der Waals surface area contributed by atoms with Crippen LogP contribution in [0.1, 0.15) is 107 Å². The van der Waals surface area contributed by atoms with E-state index in [1.807, 2.05) is 53.7 Å². The van der Waals surface area contributed by atoms with E-state index in [4.69, 9.17) is 4.74 Å². The lowest BCUT2D eigenvalue weighted by molar-refractivity contribution is -0.166. The second-order valence-corrected chi connectivity index (χ2v) is 11.8. The monoisotopic (exact) mass is 544 g/mol. The van der Waals surface area contributed by atoms with Crippen LogP contribution in [0.5, 0.6) is 0 Å². The molecule has 0 spiro atoms. The van der Waals surface area contributed by atoms with Gasteiger partial charge in [0.1, 0.15) is 6.10 Å². The number of allylic oxidation sites excluding steroid dienone is 7. The van der Waals surface area contributed by atoms with Crippen LogP contribution in [0.25, 0.3) is 0 Å². The molecule has 0 radical (unpaired) electrons. The maximum Gasteiger partial charge on any atom is 0.309 e. The van der Waals surface area contributed by atoms with Gasteiger partial charge >= 0.3 is 5.97 Å². The number of rotatable bonds is 15. The Kier molecular flexibility index (Phi) is 15.9. The fraction of sp³-hybridized carbons (Fsp3) is 0.676. The number of aliphatic hydroxyl groups is 3. The van der Waals surface area contributed by atoms with Crippen molar-refractivity contribution in [2.24, 2.45) is 17.8 Å². The van der Waals surface area contributed by atoms with Crippen molar-refractivity contribution in [1.29, 1.82) is 0 Å². The first kappa shape index (κ1) is 35.1. The fourth-order valence-corrected chi connectivity index (χ4v) is 5.28. The number of hydrogen-bond acceptors (Lipinski definition) is 5. The second kappa shape index (κ2) is 17.7. The highest BCUT2D eigenvalue weighted by molar-refractivity contribution is 5.73. The smallest absolute Gasteiger partial charge is 0.309 e. The summed E-state index contributed by atoms with van der Waals surface area (Å²) in [6.45, 7) is 17.9. The molecule has 0 aliphatic carbocycles. The Morgan fingerprint density at radius 2 is 1.62 bits per heavy atom. The number of ether oxygens (including phenoxy) is 1. The fourth-order valence-electron chi connectivity index (χ4n) is 5.28. The van der Waals surface area contributed by atoms with Crippen molar-refractivity contribution in [3.8, 4) is 0 Å². The minimum Gasteiger partial charge on any atom is -0.462 e. The molecule has 222 valence electrons. The largest absolute Gasteiger partial charge is 0.462 e. The van der Waals surface area contributed by atoms with Gasteiger partial charge in [-0.15, -0.1) is 0 Å². The summed E-state index contributed by atoms with van der Waals surface area (Å²) in [5.41, 5.74) is 5.38. The Bertz CT molecular complexity index is 922. The van der Waals surface area contributed by atoms with Crippen molar-refractivity contribution >= 4 is 5.97 Å². The molecule has 5 nitrogen and oxygen atoms in total. The lowest BCUT2D eigenvalue weighted by Gasteiger charge is -2.34. The SMILES string of the molecule is C/C=C(\C)[C@@H](O)[C@H](C)[C@H](O)C/C=C(C)/C=C(\C)C/C(C)=C/C/C=C(\C)[C@@H](O)[C@@H](C)[C@H]1CC[C@H](CCC)C(=O)O1. The van der Waals surface area contributed by atoms with Crippen molar-refractivity contribution in [3.05, 3.63) is 58.2 Å². The van der Waals surface area contributed by atoms with Gasteiger partial charge in [-0.25, -0.2) is 0 Å². The van der Waals surface area contributed by atoms with E-state index in [9.17, 15) is 20.1 Å². The van der Waals surface area contributed by atoms with Gasteiger partial charge < -0.3 is 20.1 Å². The van der Waals surface area contributed by atoms with Crippen LogP contribution in [-0.4, -0.2) is 45.7 Å². The molecule has 0 amide bonds. The molecule has 0 unspecified atom stereocenters. The van der Waals surface area contributed by atoms with E-state index in [-0.39, 0.29) is 29.8 Å². The molecule has 1 aliphatic rings. The Labute approximate surface area is 238 Å². The summed E-state index contributed by atoms with van der Waals surface area (Å²) < 4.78 is 5.69. The highest BCUT2D eigenvalue weighted by Gasteiger charge is 2.35. The van der Waals surface area contributed by atoms with Gasteiger partial charge in [-0.2, -0.15) is 0 Å². The third kappa shape index (κ3) is 12.0. The van der Waals surface area contributed by atoms with Gasteiger partial charge in [-0.1, -0.05) is 74.3 Å². The van der Waals surface area contributed by atoms with Gasteiger partial charge in [0.05, 0.1) is 24.2 Å². The maximum atomic E-state index is 12.3. The minimum absolute atomic E-state index is 0.0129. The Balaban J connectivity index is 2.61. The number of aliphatic hydroxyl groups excluding tert-OH is 3. The van der Waals surface area contributed by atoms with Crippen LogP contribution in [0.2, 0.25) is 0 Å². The van der Waals surface area contributed by atoms with Gasteiger partial charge in [0.2, 0.25) is 0 Å². The zero-order valence-electron chi connectivity index (χ0n) is 26.0. The first-order valence-corrected chi connectivity index (χ1v) is 14.9. The summed E-state index contributed by atoms with van der Waals surface area (Å²) in [5, 5.41) is 31.7. The van der Waals surface area contributed by atoms with E-state index >= 15 is 0 Å². The zero-order valence-corrected chi connectivity index (χ0v) is 26.0. The average Bonchev–Trinajstić information content (AvgIpc) is 2.90. The highest BCUT2D eigenvalue weighted by atomic mass is 16.5.